The lowest BCUT2D eigenvalue weighted by molar-refractivity contribution is 0.683. The van der Waals surface area contributed by atoms with Gasteiger partial charge >= 0.3 is 0 Å². The molecule has 0 bridgehead atoms. The first-order valence-electron chi connectivity index (χ1n) is 5.13. The first-order valence-corrected chi connectivity index (χ1v) is 6.29. The summed E-state index contributed by atoms with van der Waals surface area (Å²) in [5, 5.41) is 0. The van der Waals surface area contributed by atoms with Gasteiger partial charge in [0.15, 0.2) is 5.82 Å². The zero-order chi connectivity index (χ0) is 10.7. The topological polar surface area (TPSA) is 55.0 Å². The Morgan fingerprint density at radius 1 is 1.53 bits per heavy atom. The van der Waals surface area contributed by atoms with Gasteiger partial charge in [0.05, 0.1) is 5.69 Å². The minimum absolute atomic E-state index is 0.452. The fourth-order valence-electron chi connectivity index (χ4n) is 1.80. The lowest BCUT2D eigenvalue weighted by Crippen LogP contribution is -2.33. The molecule has 5 heteroatoms. The number of thioether (sulfide) groups is 1. The highest BCUT2D eigenvalue weighted by Gasteiger charge is 2.22. The molecule has 1 aromatic heterocycles. The first kappa shape index (κ1) is 10.7. The minimum Gasteiger partial charge on any atom is -0.354 e. The highest BCUT2D eigenvalue weighted by Crippen LogP contribution is 2.25. The van der Waals surface area contributed by atoms with Crippen molar-refractivity contribution in [3.63, 3.8) is 0 Å². The quantitative estimate of drug-likeness (QED) is 0.826. The zero-order valence-electron chi connectivity index (χ0n) is 8.89. The highest BCUT2D eigenvalue weighted by atomic mass is 32.2. The summed E-state index contributed by atoms with van der Waals surface area (Å²) in [4.78, 5) is 10.8. The molecule has 0 aromatic carbocycles. The fourth-order valence-corrected chi connectivity index (χ4v) is 3.07. The van der Waals surface area contributed by atoms with Crippen molar-refractivity contribution in [3.05, 3.63) is 18.1 Å². The predicted molar refractivity (Wildman–Crippen MR) is 64.1 cm³/mol. The molecule has 0 amide bonds. The summed E-state index contributed by atoms with van der Waals surface area (Å²) in [6, 6.07) is 0.581. The van der Waals surface area contributed by atoms with Crippen LogP contribution in [-0.2, 0) is 6.54 Å². The molecule has 0 saturated carbocycles. The second-order valence-corrected chi connectivity index (χ2v) is 4.81. The molecule has 2 rings (SSSR count). The van der Waals surface area contributed by atoms with Gasteiger partial charge in [-0.3, -0.25) is 4.98 Å². The van der Waals surface area contributed by atoms with Gasteiger partial charge in [-0.15, -0.1) is 0 Å². The first-order chi connectivity index (χ1) is 7.33. The van der Waals surface area contributed by atoms with Crippen LogP contribution in [0.5, 0.6) is 0 Å². The van der Waals surface area contributed by atoms with E-state index in [1.165, 1.54) is 17.9 Å². The molecule has 1 aromatic rings. The van der Waals surface area contributed by atoms with Crippen LogP contribution in [0.4, 0.5) is 5.82 Å². The van der Waals surface area contributed by atoms with Crippen molar-refractivity contribution in [2.45, 2.75) is 19.0 Å². The Balaban J connectivity index is 2.19. The Hall–Kier alpha value is -0.810. The summed E-state index contributed by atoms with van der Waals surface area (Å²) in [5.74, 6) is 3.36. The van der Waals surface area contributed by atoms with Gasteiger partial charge in [-0.05, 0) is 12.2 Å². The largest absolute Gasteiger partial charge is 0.354 e. The van der Waals surface area contributed by atoms with Gasteiger partial charge in [-0.2, -0.15) is 11.8 Å². The average molecular weight is 224 g/mol. The number of aromatic nitrogens is 2. The van der Waals surface area contributed by atoms with Crippen LogP contribution >= 0.6 is 11.8 Å². The number of nitrogens with zero attached hydrogens (tertiary/aromatic N) is 3. The molecular formula is C10H16N4S. The molecule has 0 aliphatic carbocycles. The third-order valence-corrected chi connectivity index (χ3v) is 3.88. The van der Waals surface area contributed by atoms with Crippen LogP contribution in [0, 0.1) is 0 Å². The van der Waals surface area contributed by atoms with Crippen molar-refractivity contribution in [2.75, 3.05) is 23.5 Å². The van der Waals surface area contributed by atoms with Gasteiger partial charge in [0.25, 0.3) is 0 Å². The van der Waals surface area contributed by atoms with Gasteiger partial charge in [0, 0.05) is 37.8 Å². The smallest absolute Gasteiger partial charge is 0.151 e. The van der Waals surface area contributed by atoms with E-state index in [0.717, 1.165) is 11.5 Å². The zero-order valence-corrected chi connectivity index (χ0v) is 9.70. The molecule has 1 fully saturated rings. The summed E-state index contributed by atoms with van der Waals surface area (Å²) in [6.45, 7) is 0.452. The molecule has 0 spiro atoms. The molecular weight excluding hydrogens is 208 g/mol. The molecule has 2 N–H and O–H groups in total. The van der Waals surface area contributed by atoms with Crippen molar-refractivity contribution in [1.29, 1.82) is 0 Å². The average Bonchev–Trinajstić information content (AvgIpc) is 2.81. The summed E-state index contributed by atoms with van der Waals surface area (Å²) in [6.07, 6.45) is 4.65. The molecule has 0 radical (unpaired) electrons. The van der Waals surface area contributed by atoms with Crippen LogP contribution in [0.15, 0.2) is 12.4 Å². The van der Waals surface area contributed by atoms with E-state index in [1.807, 2.05) is 11.8 Å². The monoisotopic (exact) mass is 224 g/mol. The Bertz CT molecular complexity index is 325. The minimum atomic E-state index is 0.452. The normalized spacial score (nSPS) is 20.5. The molecule has 82 valence electrons. The maximum atomic E-state index is 5.65. The Morgan fingerprint density at radius 2 is 2.33 bits per heavy atom. The number of nitrogens with two attached hydrogens (primary N) is 1. The number of anilines is 1. The fraction of sp³-hybridized carbons (Fsp3) is 0.600. The van der Waals surface area contributed by atoms with Crippen LogP contribution in [0.3, 0.4) is 0 Å². The SMILES string of the molecule is CN(c1nccnc1CN)C1CCSC1. The van der Waals surface area contributed by atoms with Gasteiger partial charge in [-0.1, -0.05) is 0 Å². The van der Waals surface area contributed by atoms with Gasteiger partial charge in [-0.25, -0.2) is 4.98 Å². The molecule has 1 aliphatic heterocycles. The number of hydrogen-bond acceptors (Lipinski definition) is 5. The molecule has 1 atom stereocenters. The molecule has 15 heavy (non-hydrogen) atoms. The third kappa shape index (κ3) is 2.23. The van der Waals surface area contributed by atoms with Crippen molar-refractivity contribution >= 4 is 17.6 Å². The molecule has 2 heterocycles. The van der Waals surface area contributed by atoms with Gasteiger partial charge in [0.1, 0.15) is 0 Å². The van der Waals surface area contributed by atoms with Crippen LogP contribution < -0.4 is 10.6 Å². The maximum Gasteiger partial charge on any atom is 0.151 e. The van der Waals surface area contributed by atoms with Crippen LogP contribution in [0.1, 0.15) is 12.1 Å². The van der Waals surface area contributed by atoms with Gasteiger partial charge < -0.3 is 10.6 Å². The van der Waals surface area contributed by atoms with E-state index in [1.54, 1.807) is 12.4 Å². The van der Waals surface area contributed by atoms with E-state index in [-0.39, 0.29) is 0 Å². The van der Waals surface area contributed by atoms with Crippen molar-refractivity contribution in [2.24, 2.45) is 5.73 Å². The van der Waals surface area contributed by atoms with Crippen LogP contribution in [0.25, 0.3) is 0 Å². The van der Waals surface area contributed by atoms with Crippen molar-refractivity contribution in [1.82, 2.24) is 9.97 Å². The maximum absolute atomic E-state index is 5.65. The van der Waals surface area contributed by atoms with E-state index < -0.39 is 0 Å². The number of rotatable bonds is 3. The summed E-state index contributed by atoms with van der Waals surface area (Å²) in [7, 11) is 2.08. The Kier molecular flexibility index (Phi) is 3.43. The summed E-state index contributed by atoms with van der Waals surface area (Å²) < 4.78 is 0. The van der Waals surface area contributed by atoms with E-state index >= 15 is 0 Å². The standard InChI is InChI=1S/C10H16N4S/c1-14(8-2-5-15-7-8)10-9(6-11)12-3-4-13-10/h3-4,8H,2,5-7,11H2,1H3. The van der Waals surface area contributed by atoms with E-state index in [9.17, 15) is 0 Å². The molecule has 1 aliphatic rings. The predicted octanol–water partition coefficient (Wildman–Crippen LogP) is 0.877. The Morgan fingerprint density at radius 3 is 3.00 bits per heavy atom. The summed E-state index contributed by atoms with van der Waals surface area (Å²) >= 11 is 2.00. The molecule has 1 unspecified atom stereocenters. The highest BCUT2D eigenvalue weighted by molar-refractivity contribution is 7.99. The van der Waals surface area contributed by atoms with Crippen LogP contribution in [-0.4, -0.2) is 34.6 Å². The summed E-state index contributed by atoms with van der Waals surface area (Å²) in [5.41, 5.74) is 6.54. The molecule has 4 nitrogen and oxygen atoms in total. The second-order valence-electron chi connectivity index (χ2n) is 3.66. The number of hydrogen-bond donors (Lipinski definition) is 1. The van der Waals surface area contributed by atoms with Gasteiger partial charge in [0.2, 0.25) is 0 Å². The lowest BCUT2D eigenvalue weighted by Gasteiger charge is -2.25. The van der Waals surface area contributed by atoms with E-state index in [0.29, 0.717) is 12.6 Å². The van der Waals surface area contributed by atoms with E-state index in [4.69, 9.17) is 5.73 Å². The second kappa shape index (κ2) is 4.81. The molecule has 1 saturated heterocycles. The van der Waals surface area contributed by atoms with Crippen molar-refractivity contribution in [3.8, 4) is 0 Å². The third-order valence-electron chi connectivity index (χ3n) is 2.73. The van der Waals surface area contributed by atoms with E-state index in [2.05, 4.69) is 21.9 Å². The van der Waals surface area contributed by atoms with Crippen LogP contribution in [0.2, 0.25) is 0 Å². The van der Waals surface area contributed by atoms with Crippen molar-refractivity contribution < 1.29 is 0 Å². The Labute approximate surface area is 94.3 Å². The lowest BCUT2D eigenvalue weighted by atomic mass is 10.2.